The maximum Gasteiger partial charge on any atom is 0.174 e. The summed E-state index contributed by atoms with van der Waals surface area (Å²) in [4.78, 5) is 5.21. The topological polar surface area (TPSA) is 37.8 Å². The fourth-order valence-electron chi connectivity index (χ4n) is 1.39. The van der Waals surface area contributed by atoms with Crippen LogP contribution >= 0.6 is 34.9 Å². The van der Waals surface area contributed by atoms with E-state index in [1.807, 2.05) is 19.2 Å². The molecule has 1 atom stereocenters. The van der Waals surface area contributed by atoms with Crippen LogP contribution in [0.5, 0.6) is 0 Å². The van der Waals surface area contributed by atoms with E-state index in [0.717, 1.165) is 19.8 Å². The number of nitrogens with zero attached hydrogens (tertiary/aromatic N) is 2. The highest BCUT2D eigenvalue weighted by molar-refractivity contribution is 8.01. The summed E-state index contributed by atoms with van der Waals surface area (Å²) in [6, 6.07) is 6.33. The van der Waals surface area contributed by atoms with Gasteiger partial charge in [0.2, 0.25) is 0 Å². The predicted octanol–water partition coefficient (Wildman–Crippen LogP) is 3.62. The van der Waals surface area contributed by atoms with Gasteiger partial charge in [-0.1, -0.05) is 29.4 Å². The Labute approximate surface area is 114 Å². The summed E-state index contributed by atoms with van der Waals surface area (Å²) in [6.45, 7) is 2.08. The molecule has 0 radical (unpaired) electrons. The lowest BCUT2D eigenvalue weighted by atomic mass is 10.1. The van der Waals surface area contributed by atoms with E-state index in [-0.39, 0.29) is 6.04 Å². The molecule has 1 aromatic carbocycles. The molecular formula is C11H12ClN3S2. The van der Waals surface area contributed by atoms with E-state index in [1.54, 1.807) is 18.1 Å². The van der Waals surface area contributed by atoms with Gasteiger partial charge >= 0.3 is 0 Å². The smallest absolute Gasteiger partial charge is 0.174 e. The van der Waals surface area contributed by atoms with Crippen molar-refractivity contribution in [2.75, 3.05) is 7.05 Å². The summed E-state index contributed by atoms with van der Waals surface area (Å²) in [5.41, 5.74) is 1.11. The molecule has 1 N–H and O–H groups in total. The molecule has 0 spiro atoms. The number of benzene rings is 1. The summed E-state index contributed by atoms with van der Waals surface area (Å²) >= 11 is 9.22. The van der Waals surface area contributed by atoms with E-state index >= 15 is 0 Å². The second-order valence-electron chi connectivity index (χ2n) is 3.50. The average molecular weight is 286 g/mol. The van der Waals surface area contributed by atoms with Crippen LogP contribution in [0, 0.1) is 0 Å². The minimum atomic E-state index is 0.253. The van der Waals surface area contributed by atoms with Gasteiger partial charge in [0.05, 0.1) is 0 Å². The van der Waals surface area contributed by atoms with Gasteiger partial charge in [-0.3, -0.25) is 0 Å². The third kappa shape index (κ3) is 3.19. The van der Waals surface area contributed by atoms with Crippen LogP contribution in [0.3, 0.4) is 0 Å². The van der Waals surface area contributed by atoms with Gasteiger partial charge in [-0.15, -0.1) is 0 Å². The third-order valence-electron chi connectivity index (χ3n) is 2.42. The molecule has 2 aromatic rings. The Balaban J connectivity index is 2.19. The third-order valence-corrected chi connectivity index (χ3v) is 4.45. The van der Waals surface area contributed by atoms with Crippen molar-refractivity contribution in [1.82, 2.24) is 14.7 Å². The Morgan fingerprint density at radius 3 is 2.88 bits per heavy atom. The summed E-state index contributed by atoms with van der Waals surface area (Å²) in [7, 11) is 1.92. The van der Waals surface area contributed by atoms with E-state index in [0.29, 0.717) is 0 Å². The SMILES string of the molecule is CNC(C)c1ccc(Sc2ncns2)cc1Cl. The van der Waals surface area contributed by atoms with Gasteiger partial charge in [-0.05, 0) is 43.2 Å². The number of nitrogens with one attached hydrogen (secondary N) is 1. The van der Waals surface area contributed by atoms with Crippen LogP contribution in [0.1, 0.15) is 18.5 Å². The van der Waals surface area contributed by atoms with Gasteiger partial charge in [0.1, 0.15) is 6.33 Å². The summed E-state index contributed by atoms with van der Waals surface area (Å²) in [5, 5.41) is 3.95. The highest BCUT2D eigenvalue weighted by Crippen LogP contribution is 2.32. The van der Waals surface area contributed by atoms with Gasteiger partial charge in [0.15, 0.2) is 4.34 Å². The van der Waals surface area contributed by atoms with Gasteiger partial charge in [0.25, 0.3) is 0 Å². The van der Waals surface area contributed by atoms with Crippen molar-refractivity contribution in [1.29, 1.82) is 0 Å². The lowest BCUT2D eigenvalue weighted by Gasteiger charge is -2.13. The molecule has 17 heavy (non-hydrogen) atoms. The monoisotopic (exact) mass is 285 g/mol. The van der Waals surface area contributed by atoms with Gasteiger partial charge in [0, 0.05) is 16.0 Å². The molecule has 0 amide bonds. The molecular weight excluding hydrogens is 274 g/mol. The molecule has 0 fully saturated rings. The van der Waals surface area contributed by atoms with E-state index in [2.05, 4.69) is 27.7 Å². The van der Waals surface area contributed by atoms with Crippen LogP contribution in [0.25, 0.3) is 0 Å². The minimum Gasteiger partial charge on any atom is -0.313 e. The molecule has 1 aromatic heterocycles. The maximum atomic E-state index is 6.26. The fraction of sp³-hybridized carbons (Fsp3) is 0.273. The standard InChI is InChI=1S/C11H12ClN3S2/c1-7(13-2)9-4-3-8(5-10(9)12)16-11-14-6-15-17-11/h3-7,13H,1-2H3. The average Bonchev–Trinajstić information content (AvgIpc) is 2.81. The molecule has 0 bridgehead atoms. The molecule has 1 heterocycles. The van der Waals surface area contributed by atoms with Crippen LogP contribution in [0.15, 0.2) is 33.8 Å². The quantitative estimate of drug-likeness (QED) is 0.931. The van der Waals surface area contributed by atoms with Gasteiger partial charge in [-0.2, -0.15) is 4.37 Å². The van der Waals surface area contributed by atoms with Gasteiger partial charge < -0.3 is 5.32 Å². The maximum absolute atomic E-state index is 6.26. The van der Waals surface area contributed by atoms with Crippen molar-refractivity contribution >= 4 is 34.9 Å². The van der Waals surface area contributed by atoms with Crippen LogP contribution in [-0.4, -0.2) is 16.4 Å². The van der Waals surface area contributed by atoms with Crippen molar-refractivity contribution in [3.8, 4) is 0 Å². The zero-order chi connectivity index (χ0) is 12.3. The number of halogens is 1. The number of hydrogen-bond acceptors (Lipinski definition) is 5. The highest BCUT2D eigenvalue weighted by Gasteiger charge is 2.09. The first-order chi connectivity index (χ1) is 8.20. The molecule has 2 rings (SSSR count). The summed E-state index contributed by atoms with van der Waals surface area (Å²) in [6.07, 6.45) is 1.56. The number of aromatic nitrogens is 2. The highest BCUT2D eigenvalue weighted by atomic mass is 35.5. The Morgan fingerprint density at radius 1 is 1.47 bits per heavy atom. The van der Waals surface area contributed by atoms with Gasteiger partial charge in [-0.25, -0.2) is 4.98 Å². The molecule has 0 aliphatic carbocycles. The Kier molecular flexibility index (Phi) is 4.39. The molecule has 1 unspecified atom stereocenters. The first-order valence-electron chi connectivity index (χ1n) is 5.12. The van der Waals surface area contributed by atoms with E-state index < -0.39 is 0 Å². The van der Waals surface area contributed by atoms with Crippen molar-refractivity contribution in [2.45, 2.75) is 22.2 Å². The first-order valence-corrected chi connectivity index (χ1v) is 7.08. The van der Waals surface area contributed by atoms with Crippen LogP contribution < -0.4 is 5.32 Å². The normalized spacial score (nSPS) is 12.6. The van der Waals surface area contributed by atoms with E-state index in [1.165, 1.54) is 11.5 Å². The molecule has 0 aliphatic rings. The molecule has 0 saturated carbocycles. The fourth-order valence-corrected chi connectivity index (χ4v) is 3.26. The van der Waals surface area contributed by atoms with Crippen molar-refractivity contribution in [3.05, 3.63) is 35.1 Å². The Hall–Kier alpha value is -0.620. The van der Waals surface area contributed by atoms with Crippen LogP contribution in [0.2, 0.25) is 5.02 Å². The molecule has 0 saturated heterocycles. The molecule has 90 valence electrons. The first kappa shape index (κ1) is 12.8. The molecule has 6 heteroatoms. The Bertz CT molecular complexity index is 487. The van der Waals surface area contributed by atoms with Crippen molar-refractivity contribution in [2.24, 2.45) is 0 Å². The lowest BCUT2D eigenvalue weighted by Crippen LogP contribution is -2.12. The summed E-state index contributed by atoms with van der Waals surface area (Å²) < 4.78 is 4.89. The van der Waals surface area contributed by atoms with E-state index in [4.69, 9.17) is 11.6 Å². The minimum absolute atomic E-state index is 0.253. The predicted molar refractivity (Wildman–Crippen MR) is 73.0 cm³/mol. The van der Waals surface area contributed by atoms with E-state index in [9.17, 15) is 0 Å². The van der Waals surface area contributed by atoms with Crippen LogP contribution in [-0.2, 0) is 0 Å². The Morgan fingerprint density at radius 2 is 2.29 bits per heavy atom. The van der Waals surface area contributed by atoms with Crippen LogP contribution in [0.4, 0.5) is 0 Å². The zero-order valence-corrected chi connectivity index (χ0v) is 11.9. The number of hydrogen-bond donors (Lipinski definition) is 1. The van der Waals surface area contributed by atoms with Crippen molar-refractivity contribution < 1.29 is 0 Å². The number of rotatable bonds is 4. The summed E-state index contributed by atoms with van der Waals surface area (Å²) in [5.74, 6) is 0. The lowest BCUT2D eigenvalue weighted by molar-refractivity contribution is 0.652. The van der Waals surface area contributed by atoms with Crippen molar-refractivity contribution in [3.63, 3.8) is 0 Å². The molecule has 3 nitrogen and oxygen atoms in total. The second kappa shape index (κ2) is 5.82. The zero-order valence-electron chi connectivity index (χ0n) is 9.48. The second-order valence-corrected chi connectivity index (χ2v) is 6.01. The molecule has 0 aliphatic heterocycles. The largest absolute Gasteiger partial charge is 0.313 e.